The number of nitrogens with zero attached hydrogens (tertiary/aromatic N) is 1. The molecule has 0 N–H and O–H groups in total. The number of aryl methyl sites for hydroxylation is 1. The number of carbonyl (C=O) groups excluding carboxylic acids is 1. The molecule has 1 fully saturated rings. The third kappa shape index (κ3) is 5.18. The first-order valence-corrected chi connectivity index (χ1v) is 11.8. The molecule has 3 rings (SSSR count). The molecule has 1 aliphatic heterocycles. The highest BCUT2D eigenvalue weighted by Crippen LogP contribution is 2.24. The molecule has 0 aliphatic carbocycles. The third-order valence-corrected chi connectivity index (χ3v) is 7.02. The van der Waals surface area contributed by atoms with Crippen LogP contribution in [0.2, 0.25) is 0 Å². The second-order valence-corrected chi connectivity index (χ2v) is 9.62. The maximum Gasteiger partial charge on any atom is 0.336 e. The monoisotopic (exact) mass is 421 g/mol. The van der Waals surface area contributed by atoms with Crippen molar-refractivity contribution in [1.82, 2.24) is 4.90 Å². The Labute approximate surface area is 170 Å². The molecule has 1 aliphatic rings. The van der Waals surface area contributed by atoms with Crippen LogP contribution >= 0.6 is 0 Å². The summed E-state index contributed by atoms with van der Waals surface area (Å²) in [5, 5.41) is 0.839. The zero-order chi connectivity index (χ0) is 21.0. The predicted molar refractivity (Wildman–Crippen MR) is 111 cm³/mol. The standard InChI is InChI=1S/C21H27NO6S/c1-3-5-9-22(16-8-10-29(25,26)14-16)20(23)13-27-17-6-7-18-15(4-2)11-21(24)28-19(18)12-17/h6-7,11-12,16H,3-5,8-10,13-14H2,1-2H3/t16-/m0/s1. The van der Waals surface area contributed by atoms with E-state index in [-0.39, 0.29) is 30.1 Å². The summed E-state index contributed by atoms with van der Waals surface area (Å²) in [6.07, 6.45) is 2.90. The van der Waals surface area contributed by atoms with Gasteiger partial charge in [0.1, 0.15) is 11.3 Å². The number of rotatable bonds is 8. The van der Waals surface area contributed by atoms with E-state index in [2.05, 4.69) is 0 Å². The van der Waals surface area contributed by atoms with Crippen LogP contribution in [-0.4, -0.2) is 49.9 Å². The van der Waals surface area contributed by atoms with Crippen LogP contribution in [0.15, 0.2) is 33.5 Å². The summed E-state index contributed by atoms with van der Waals surface area (Å²) < 4.78 is 34.6. The van der Waals surface area contributed by atoms with Gasteiger partial charge in [-0.1, -0.05) is 20.3 Å². The van der Waals surface area contributed by atoms with Crippen molar-refractivity contribution >= 4 is 26.7 Å². The second-order valence-electron chi connectivity index (χ2n) is 7.39. The Morgan fingerprint density at radius 1 is 1.28 bits per heavy atom. The molecular formula is C21H27NO6S. The zero-order valence-corrected chi connectivity index (χ0v) is 17.7. The lowest BCUT2D eigenvalue weighted by Gasteiger charge is -2.28. The Bertz CT molecular complexity index is 1040. The predicted octanol–water partition coefficient (Wildman–Crippen LogP) is 2.55. The van der Waals surface area contributed by atoms with Gasteiger partial charge in [0, 0.05) is 30.1 Å². The third-order valence-electron chi connectivity index (χ3n) is 5.27. The SMILES string of the molecule is CCCCN(C(=O)COc1ccc2c(CC)cc(=O)oc2c1)[C@H]1CCS(=O)(=O)C1. The molecule has 29 heavy (non-hydrogen) atoms. The zero-order valence-electron chi connectivity index (χ0n) is 16.8. The van der Waals surface area contributed by atoms with Crippen molar-refractivity contribution in [1.29, 1.82) is 0 Å². The van der Waals surface area contributed by atoms with Gasteiger partial charge in [-0.3, -0.25) is 4.79 Å². The van der Waals surface area contributed by atoms with Crippen LogP contribution in [0.25, 0.3) is 11.0 Å². The fourth-order valence-corrected chi connectivity index (χ4v) is 5.41. The second kappa shape index (κ2) is 8.98. The number of hydrogen-bond acceptors (Lipinski definition) is 6. The summed E-state index contributed by atoms with van der Waals surface area (Å²) in [5.41, 5.74) is 0.895. The number of carbonyl (C=O) groups is 1. The maximum absolute atomic E-state index is 12.8. The van der Waals surface area contributed by atoms with Gasteiger partial charge < -0.3 is 14.1 Å². The minimum atomic E-state index is -3.08. The molecule has 7 nitrogen and oxygen atoms in total. The summed E-state index contributed by atoms with van der Waals surface area (Å²) >= 11 is 0. The summed E-state index contributed by atoms with van der Waals surface area (Å²) in [5.74, 6) is 0.336. The highest BCUT2D eigenvalue weighted by molar-refractivity contribution is 7.91. The lowest BCUT2D eigenvalue weighted by molar-refractivity contribution is -0.135. The minimum absolute atomic E-state index is 0.0172. The van der Waals surface area contributed by atoms with Crippen LogP contribution in [0, 0.1) is 0 Å². The average Bonchev–Trinajstić information content (AvgIpc) is 3.05. The van der Waals surface area contributed by atoms with Crippen LogP contribution in [0.4, 0.5) is 0 Å². The highest BCUT2D eigenvalue weighted by Gasteiger charge is 2.34. The number of fused-ring (bicyclic) bond motifs is 1. The molecule has 0 saturated carbocycles. The summed E-state index contributed by atoms with van der Waals surface area (Å²) in [4.78, 5) is 26.1. The molecule has 1 aromatic carbocycles. The average molecular weight is 422 g/mol. The van der Waals surface area contributed by atoms with E-state index in [1.807, 2.05) is 19.9 Å². The molecule has 158 valence electrons. The molecule has 0 unspecified atom stereocenters. The van der Waals surface area contributed by atoms with Crippen molar-refractivity contribution in [2.75, 3.05) is 24.7 Å². The fourth-order valence-electron chi connectivity index (χ4n) is 3.68. The molecule has 2 heterocycles. The van der Waals surface area contributed by atoms with Gasteiger partial charge in [-0.2, -0.15) is 0 Å². The van der Waals surface area contributed by atoms with E-state index in [0.29, 0.717) is 30.7 Å². The molecule has 1 amide bonds. The van der Waals surface area contributed by atoms with Gasteiger partial charge in [0.05, 0.1) is 11.5 Å². The van der Waals surface area contributed by atoms with E-state index < -0.39 is 15.5 Å². The van der Waals surface area contributed by atoms with Crippen molar-refractivity contribution in [2.24, 2.45) is 0 Å². The first-order valence-electron chi connectivity index (χ1n) is 10.0. The largest absolute Gasteiger partial charge is 0.484 e. The van der Waals surface area contributed by atoms with Crippen LogP contribution < -0.4 is 10.4 Å². The van der Waals surface area contributed by atoms with Crippen molar-refractivity contribution in [2.45, 2.75) is 45.6 Å². The van der Waals surface area contributed by atoms with Gasteiger partial charge in [0.25, 0.3) is 5.91 Å². The van der Waals surface area contributed by atoms with Crippen molar-refractivity contribution in [3.05, 3.63) is 40.2 Å². The van der Waals surface area contributed by atoms with Gasteiger partial charge >= 0.3 is 5.63 Å². The molecule has 0 bridgehead atoms. The molecular weight excluding hydrogens is 394 g/mol. The summed E-state index contributed by atoms with van der Waals surface area (Å²) in [6.45, 7) is 4.32. The van der Waals surface area contributed by atoms with E-state index in [1.54, 1.807) is 17.0 Å². The van der Waals surface area contributed by atoms with E-state index in [9.17, 15) is 18.0 Å². The molecule has 1 atom stereocenters. The Balaban J connectivity index is 1.73. The molecule has 1 aromatic heterocycles. The Hall–Kier alpha value is -2.35. The van der Waals surface area contributed by atoms with Crippen molar-refractivity contribution in [3.63, 3.8) is 0 Å². The number of unbranched alkanes of at least 4 members (excludes halogenated alkanes) is 1. The van der Waals surface area contributed by atoms with Crippen LogP contribution in [-0.2, 0) is 21.1 Å². The van der Waals surface area contributed by atoms with Gasteiger partial charge in [0.2, 0.25) is 0 Å². The van der Waals surface area contributed by atoms with Crippen molar-refractivity contribution < 1.29 is 22.4 Å². The van der Waals surface area contributed by atoms with Gasteiger partial charge in [-0.15, -0.1) is 0 Å². The van der Waals surface area contributed by atoms with Gasteiger partial charge in [-0.25, -0.2) is 13.2 Å². The minimum Gasteiger partial charge on any atom is -0.484 e. The summed E-state index contributed by atoms with van der Waals surface area (Å²) in [7, 11) is -3.08. The maximum atomic E-state index is 12.8. The number of ether oxygens (including phenoxy) is 1. The number of amides is 1. The highest BCUT2D eigenvalue weighted by atomic mass is 32.2. The first kappa shape index (κ1) is 21.4. The topological polar surface area (TPSA) is 93.9 Å². The normalized spacial score (nSPS) is 18.1. The fraction of sp³-hybridized carbons (Fsp3) is 0.524. The van der Waals surface area contributed by atoms with Crippen LogP contribution in [0.5, 0.6) is 5.75 Å². The first-order chi connectivity index (χ1) is 13.8. The Morgan fingerprint density at radius 3 is 2.72 bits per heavy atom. The molecule has 0 radical (unpaired) electrons. The van der Waals surface area contributed by atoms with Crippen LogP contribution in [0.1, 0.15) is 38.7 Å². The molecule has 1 saturated heterocycles. The Kier molecular flexibility index (Phi) is 6.62. The number of sulfone groups is 1. The lowest BCUT2D eigenvalue weighted by atomic mass is 10.1. The molecule has 0 spiro atoms. The van der Waals surface area contributed by atoms with E-state index in [1.165, 1.54) is 6.07 Å². The van der Waals surface area contributed by atoms with Crippen molar-refractivity contribution in [3.8, 4) is 5.75 Å². The molecule has 2 aromatic rings. The molecule has 8 heteroatoms. The van der Waals surface area contributed by atoms with Gasteiger partial charge in [0.15, 0.2) is 16.4 Å². The summed E-state index contributed by atoms with van der Waals surface area (Å²) in [6, 6.07) is 6.36. The Morgan fingerprint density at radius 2 is 2.07 bits per heavy atom. The quantitative estimate of drug-likeness (QED) is 0.608. The number of hydrogen-bond donors (Lipinski definition) is 0. The van der Waals surface area contributed by atoms with E-state index >= 15 is 0 Å². The van der Waals surface area contributed by atoms with E-state index in [0.717, 1.165) is 23.8 Å². The lowest BCUT2D eigenvalue weighted by Crippen LogP contribution is -2.44. The van der Waals surface area contributed by atoms with Crippen LogP contribution in [0.3, 0.4) is 0 Å². The van der Waals surface area contributed by atoms with E-state index in [4.69, 9.17) is 9.15 Å². The van der Waals surface area contributed by atoms with Gasteiger partial charge in [-0.05, 0) is 37.0 Å². The smallest absolute Gasteiger partial charge is 0.336 e. The number of benzene rings is 1.